The monoisotopic (exact) mass is 407 g/mol. The highest BCUT2D eigenvalue weighted by Crippen LogP contribution is 2.28. The number of hydrogen-bond acceptors (Lipinski definition) is 4. The van der Waals surface area contributed by atoms with Crippen LogP contribution in [0.3, 0.4) is 0 Å². The predicted molar refractivity (Wildman–Crippen MR) is 114 cm³/mol. The number of carbonyl (C=O) groups excluding carboxylic acids is 2. The summed E-state index contributed by atoms with van der Waals surface area (Å²) in [4.78, 5) is 31.5. The molecule has 1 atom stereocenters. The van der Waals surface area contributed by atoms with Crippen molar-refractivity contribution in [3.63, 3.8) is 0 Å². The molecule has 1 aliphatic carbocycles. The van der Waals surface area contributed by atoms with Gasteiger partial charge in [0.15, 0.2) is 0 Å². The lowest BCUT2D eigenvalue weighted by atomic mass is 9.96. The smallest absolute Gasteiger partial charge is 0.253 e. The summed E-state index contributed by atoms with van der Waals surface area (Å²) in [5.41, 5.74) is 3.52. The summed E-state index contributed by atoms with van der Waals surface area (Å²) in [6.45, 7) is 5.56. The number of benzene rings is 1. The van der Waals surface area contributed by atoms with Gasteiger partial charge in [-0.15, -0.1) is 0 Å². The zero-order chi connectivity index (χ0) is 21.1. The average Bonchev–Trinajstić information content (AvgIpc) is 3.57. The van der Waals surface area contributed by atoms with Crippen molar-refractivity contribution < 1.29 is 14.3 Å². The molecule has 2 aliphatic rings. The summed E-state index contributed by atoms with van der Waals surface area (Å²) in [6, 6.07) is 8.00. The van der Waals surface area contributed by atoms with E-state index < -0.39 is 0 Å². The molecule has 1 unspecified atom stereocenters. The van der Waals surface area contributed by atoms with Crippen LogP contribution in [-0.2, 0) is 11.4 Å². The largest absolute Gasteiger partial charge is 0.488 e. The fourth-order valence-corrected chi connectivity index (χ4v) is 4.05. The quantitative estimate of drug-likeness (QED) is 0.797. The Labute approximate surface area is 177 Å². The second-order valence-electron chi connectivity index (χ2n) is 8.46. The van der Waals surface area contributed by atoms with Crippen molar-refractivity contribution in [1.29, 1.82) is 0 Å². The van der Waals surface area contributed by atoms with Gasteiger partial charge in [0.2, 0.25) is 5.91 Å². The van der Waals surface area contributed by atoms with Crippen LogP contribution in [0.2, 0.25) is 0 Å². The number of amides is 2. The highest BCUT2D eigenvalue weighted by atomic mass is 16.5. The van der Waals surface area contributed by atoms with Gasteiger partial charge in [-0.3, -0.25) is 14.6 Å². The number of pyridine rings is 1. The van der Waals surface area contributed by atoms with E-state index in [0.29, 0.717) is 31.3 Å². The van der Waals surface area contributed by atoms with E-state index in [-0.39, 0.29) is 17.7 Å². The van der Waals surface area contributed by atoms with Crippen LogP contribution in [0, 0.1) is 19.8 Å². The van der Waals surface area contributed by atoms with Gasteiger partial charge in [-0.05, 0) is 68.9 Å². The molecule has 1 aliphatic heterocycles. The summed E-state index contributed by atoms with van der Waals surface area (Å²) in [5.74, 6) is 0.786. The lowest BCUT2D eigenvalue weighted by Crippen LogP contribution is -2.45. The SMILES string of the molecule is Cc1cc(C(=O)N2CCCC(C(=O)NC3CC3)C2)cc(C)c1OCc1cccnc1. The van der Waals surface area contributed by atoms with Gasteiger partial charge in [0, 0.05) is 42.7 Å². The number of carbonyl (C=O) groups is 2. The van der Waals surface area contributed by atoms with Crippen molar-refractivity contribution in [2.75, 3.05) is 13.1 Å². The maximum absolute atomic E-state index is 13.1. The van der Waals surface area contributed by atoms with Gasteiger partial charge in [0.1, 0.15) is 12.4 Å². The number of likely N-dealkylation sites (tertiary alicyclic amines) is 1. The van der Waals surface area contributed by atoms with Crippen molar-refractivity contribution in [1.82, 2.24) is 15.2 Å². The fourth-order valence-electron chi connectivity index (χ4n) is 4.05. The molecule has 158 valence electrons. The van der Waals surface area contributed by atoms with E-state index in [1.165, 1.54) is 0 Å². The van der Waals surface area contributed by atoms with E-state index in [1.54, 1.807) is 12.4 Å². The zero-order valence-corrected chi connectivity index (χ0v) is 17.7. The van der Waals surface area contributed by atoms with Crippen LogP contribution in [-0.4, -0.2) is 40.8 Å². The van der Waals surface area contributed by atoms with Crippen LogP contribution in [0.25, 0.3) is 0 Å². The van der Waals surface area contributed by atoms with Gasteiger partial charge in [0.05, 0.1) is 5.92 Å². The molecular formula is C24H29N3O3. The van der Waals surface area contributed by atoms with Crippen LogP contribution < -0.4 is 10.1 Å². The predicted octanol–water partition coefficient (Wildman–Crippen LogP) is 3.41. The Balaban J connectivity index is 1.42. The molecule has 0 bridgehead atoms. The molecule has 1 N–H and O–H groups in total. The van der Waals surface area contributed by atoms with Crippen LogP contribution in [0.15, 0.2) is 36.7 Å². The lowest BCUT2D eigenvalue weighted by Gasteiger charge is -2.32. The Morgan fingerprint density at radius 3 is 2.63 bits per heavy atom. The summed E-state index contributed by atoms with van der Waals surface area (Å²) in [7, 11) is 0. The number of rotatable bonds is 6. The summed E-state index contributed by atoms with van der Waals surface area (Å²) >= 11 is 0. The highest BCUT2D eigenvalue weighted by Gasteiger charge is 2.32. The summed E-state index contributed by atoms with van der Waals surface area (Å²) in [6.07, 6.45) is 7.39. The molecule has 1 saturated carbocycles. The Morgan fingerprint density at radius 1 is 1.20 bits per heavy atom. The maximum Gasteiger partial charge on any atom is 0.253 e. The first-order valence-corrected chi connectivity index (χ1v) is 10.7. The molecular weight excluding hydrogens is 378 g/mol. The van der Waals surface area contributed by atoms with Crippen molar-refractivity contribution in [3.8, 4) is 5.75 Å². The number of ether oxygens (including phenoxy) is 1. The molecule has 1 aromatic heterocycles. The van der Waals surface area contributed by atoms with Crippen molar-refractivity contribution in [3.05, 3.63) is 58.9 Å². The van der Waals surface area contributed by atoms with Crippen molar-refractivity contribution in [2.24, 2.45) is 5.92 Å². The molecule has 30 heavy (non-hydrogen) atoms. The first-order valence-electron chi connectivity index (χ1n) is 10.7. The molecule has 1 saturated heterocycles. The molecule has 2 heterocycles. The van der Waals surface area contributed by atoms with Crippen molar-refractivity contribution in [2.45, 2.75) is 52.2 Å². The van der Waals surface area contributed by atoms with Crippen LogP contribution in [0.4, 0.5) is 0 Å². The average molecular weight is 408 g/mol. The fraction of sp³-hybridized carbons (Fsp3) is 0.458. The standard InChI is InChI=1S/C24H29N3O3/c1-16-11-20(12-17(2)22(16)30-15-18-5-3-9-25-13-18)24(29)27-10-4-6-19(14-27)23(28)26-21-7-8-21/h3,5,9,11-13,19,21H,4,6-8,10,14-15H2,1-2H3,(H,26,28). The Kier molecular flexibility index (Phi) is 6.02. The van der Waals surface area contributed by atoms with Crippen molar-refractivity contribution >= 4 is 11.8 Å². The third kappa shape index (κ3) is 4.81. The number of piperidine rings is 1. The second-order valence-corrected chi connectivity index (χ2v) is 8.46. The van der Waals surface area contributed by atoms with Crippen LogP contribution in [0.1, 0.15) is 52.7 Å². The van der Waals surface area contributed by atoms with Gasteiger partial charge in [-0.1, -0.05) is 6.07 Å². The Morgan fingerprint density at radius 2 is 1.97 bits per heavy atom. The minimum Gasteiger partial charge on any atom is -0.488 e. The van der Waals surface area contributed by atoms with Gasteiger partial charge < -0.3 is 15.0 Å². The van der Waals surface area contributed by atoms with E-state index in [2.05, 4.69) is 10.3 Å². The minimum absolute atomic E-state index is 0.0102. The number of aromatic nitrogens is 1. The molecule has 2 amide bonds. The molecule has 4 rings (SSSR count). The second kappa shape index (κ2) is 8.86. The maximum atomic E-state index is 13.1. The Bertz CT molecular complexity index is 902. The molecule has 2 aromatic rings. The molecule has 1 aromatic carbocycles. The highest BCUT2D eigenvalue weighted by molar-refractivity contribution is 5.95. The minimum atomic E-state index is -0.104. The van der Waals surface area contributed by atoms with Gasteiger partial charge in [-0.25, -0.2) is 0 Å². The number of nitrogens with one attached hydrogen (secondary N) is 1. The third-order valence-electron chi connectivity index (χ3n) is 5.82. The van der Waals surface area contributed by atoms with E-state index in [9.17, 15) is 9.59 Å². The number of nitrogens with zero attached hydrogens (tertiary/aromatic N) is 2. The molecule has 0 spiro atoms. The van der Waals surface area contributed by atoms with Crippen LogP contribution in [0.5, 0.6) is 5.75 Å². The zero-order valence-electron chi connectivity index (χ0n) is 17.7. The van der Waals surface area contributed by atoms with E-state index >= 15 is 0 Å². The topological polar surface area (TPSA) is 71.5 Å². The molecule has 2 fully saturated rings. The first kappa shape index (κ1) is 20.4. The van der Waals surface area contributed by atoms with E-state index in [1.807, 2.05) is 43.0 Å². The van der Waals surface area contributed by atoms with Gasteiger partial charge in [0.25, 0.3) is 5.91 Å². The normalized spacial score (nSPS) is 18.7. The van der Waals surface area contributed by atoms with Crippen LogP contribution >= 0.6 is 0 Å². The van der Waals surface area contributed by atoms with E-state index in [4.69, 9.17) is 4.74 Å². The molecule has 6 heteroatoms. The lowest BCUT2D eigenvalue weighted by molar-refractivity contribution is -0.126. The van der Waals surface area contributed by atoms with Gasteiger partial charge in [-0.2, -0.15) is 0 Å². The molecule has 0 radical (unpaired) electrons. The van der Waals surface area contributed by atoms with Gasteiger partial charge >= 0.3 is 0 Å². The third-order valence-corrected chi connectivity index (χ3v) is 5.82. The number of hydrogen-bond donors (Lipinski definition) is 1. The first-order chi connectivity index (χ1) is 14.5. The van der Waals surface area contributed by atoms with E-state index in [0.717, 1.165) is 48.1 Å². The molecule has 6 nitrogen and oxygen atoms in total. The summed E-state index contributed by atoms with van der Waals surface area (Å²) in [5, 5.41) is 3.08. The number of aryl methyl sites for hydroxylation is 2. The Hall–Kier alpha value is -2.89. The summed E-state index contributed by atoms with van der Waals surface area (Å²) < 4.78 is 6.01.